The largest absolute Gasteiger partial charge is 0.456 e. The quantitative estimate of drug-likeness (QED) is 0.184. The molecule has 0 spiro atoms. The van der Waals surface area contributed by atoms with Crippen LogP contribution in [0.2, 0.25) is 0 Å². The van der Waals surface area contributed by atoms with E-state index in [0.717, 1.165) is 60.5 Å². The van der Waals surface area contributed by atoms with Crippen LogP contribution in [-0.2, 0) is 5.41 Å². The zero-order valence-corrected chi connectivity index (χ0v) is 29.0. The van der Waals surface area contributed by atoms with Crippen molar-refractivity contribution in [2.75, 3.05) is 0 Å². The summed E-state index contributed by atoms with van der Waals surface area (Å²) in [6.07, 6.45) is 0. The SMILES string of the molecule is CC1(C)c2ccccc2-c2cc(-c3nc(-c4ccccc4)nc(-c4cccc5ccc6nc(-c7ccc8oc9ccccc9c8c7)oc6c45)n3)ccc21. The first-order chi connectivity index (χ1) is 26.0. The summed E-state index contributed by atoms with van der Waals surface area (Å²) in [5.74, 6) is 2.33. The molecular formula is C47H30N4O2. The lowest BCUT2D eigenvalue weighted by Crippen LogP contribution is -2.14. The fourth-order valence-corrected chi connectivity index (χ4v) is 8.13. The molecule has 0 saturated heterocycles. The van der Waals surface area contributed by atoms with Crippen molar-refractivity contribution in [3.63, 3.8) is 0 Å². The predicted molar refractivity (Wildman–Crippen MR) is 211 cm³/mol. The Morgan fingerprint density at radius 1 is 0.453 bits per heavy atom. The molecule has 0 amide bonds. The molecule has 0 unspecified atom stereocenters. The van der Waals surface area contributed by atoms with E-state index in [4.69, 9.17) is 28.8 Å². The molecule has 0 fully saturated rings. The summed E-state index contributed by atoms with van der Waals surface area (Å²) in [6.45, 7) is 4.58. The molecule has 1 aliphatic carbocycles. The van der Waals surface area contributed by atoms with Crippen LogP contribution >= 0.6 is 0 Å². The van der Waals surface area contributed by atoms with Gasteiger partial charge in [0.1, 0.15) is 16.7 Å². The number of furan rings is 1. The smallest absolute Gasteiger partial charge is 0.227 e. The molecule has 0 aliphatic heterocycles. The Bertz CT molecular complexity index is 3100. The van der Waals surface area contributed by atoms with Crippen LogP contribution < -0.4 is 0 Å². The van der Waals surface area contributed by atoms with Crippen LogP contribution in [0.1, 0.15) is 25.0 Å². The molecule has 0 atom stereocenters. The molecule has 250 valence electrons. The van der Waals surface area contributed by atoms with Gasteiger partial charge in [-0.1, -0.05) is 123 Å². The molecule has 3 aromatic heterocycles. The van der Waals surface area contributed by atoms with Crippen molar-refractivity contribution in [3.8, 4) is 56.7 Å². The minimum absolute atomic E-state index is 0.0910. The molecule has 7 aromatic carbocycles. The summed E-state index contributed by atoms with van der Waals surface area (Å²) >= 11 is 0. The number of para-hydroxylation sites is 1. The molecule has 0 saturated carbocycles. The van der Waals surface area contributed by atoms with Crippen molar-refractivity contribution in [3.05, 3.63) is 157 Å². The highest BCUT2D eigenvalue weighted by molar-refractivity contribution is 6.11. The van der Waals surface area contributed by atoms with Gasteiger partial charge in [-0.2, -0.15) is 0 Å². The Morgan fingerprint density at radius 3 is 2.08 bits per heavy atom. The second-order valence-electron chi connectivity index (χ2n) is 14.2. The number of fused-ring (bicyclic) bond motifs is 9. The van der Waals surface area contributed by atoms with Crippen molar-refractivity contribution in [1.82, 2.24) is 19.9 Å². The Balaban J connectivity index is 1.10. The van der Waals surface area contributed by atoms with Crippen LogP contribution in [0, 0.1) is 0 Å². The number of rotatable bonds is 4. The zero-order chi connectivity index (χ0) is 35.3. The molecule has 6 heteroatoms. The van der Waals surface area contributed by atoms with E-state index in [1.807, 2.05) is 72.8 Å². The molecule has 53 heavy (non-hydrogen) atoms. The van der Waals surface area contributed by atoms with Gasteiger partial charge >= 0.3 is 0 Å². The molecule has 3 heterocycles. The minimum Gasteiger partial charge on any atom is -0.456 e. The maximum atomic E-state index is 6.69. The fraction of sp³-hybridized carbons (Fsp3) is 0.0638. The lowest BCUT2D eigenvalue weighted by molar-refractivity contribution is 0.623. The summed E-state index contributed by atoms with van der Waals surface area (Å²) in [4.78, 5) is 20.4. The number of nitrogens with zero attached hydrogens (tertiary/aromatic N) is 4. The van der Waals surface area contributed by atoms with Gasteiger partial charge in [-0.05, 0) is 64.0 Å². The number of benzene rings is 7. The summed E-state index contributed by atoms with van der Waals surface area (Å²) in [5.41, 5.74) is 11.7. The zero-order valence-electron chi connectivity index (χ0n) is 29.0. The maximum Gasteiger partial charge on any atom is 0.227 e. The Morgan fingerprint density at radius 2 is 1.17 bits per heavy atom. The van der Waals surface area contributed by atoms with E-state index in [2.05, 4.69) is 86.6 Å². The number of hydrogen-bond donors (Lipinski definition) is 0. The van der Waals surface area contributed by atoms with E-state index < -0.39 is 0 Å². The standard InChI is InChI=1S/C47H30N4O2/c1-47(2)36-17-8-6-14-31(36)34-25-29(19-22-37(34)47)44-49-43(28-11-4-3-5-12-28)50-45(51-44)33-16-10-13-27-20-23-38-42(41(27)33)53-46(48-38)30-21-24-40-35(26-30)32-15-7-9-18-39(32)52-40/h3-26H,1-2H3. The van der Waals surface area contributed by atoms with Crippen LogP contribution in [0.25, 0.3) is 101 Å². The van der Waals surface area contributed by atoms with E-state index in [0.29, 0.717) is 28.9 Å². The number of oxazole rings is 1. The van der Waals surface area contributed by atoms with Gasteiger partial charge in [-0.25, -0.2) is 19.9 Å². The van der Waals surface area contributed by atoms with Crippen molar-refractivity contribution in [2.24, 2.45) is 0 Å². The lowest BCUT2D eigenvalue weighted by Gasteiger charge is -2.21. The molecular weight excluding hydrogens is 653 g/mol. The molecule has 0 N–H and O–H groups in total. The van der Waals surface area contributed by atoms with Crippen LogP contribution in [0.15, 0.2) is 154 Å². The van der Waals surface area contributed by atoms with Crippen LogP contribution in [0.4, 0.5) is 0 Å². The third-order valence-corrected chi connectivity index (χ3v) is 10.8. The molecule has 10 aromatic rings. The van der Waals surface area contributed by atoms with Gasteiger partial charge in [0.15, 0.2) is 23.1 Å². The monoisotopic (exact) mass is 682 g/mol. The molecule has 6 nitrogen and oxygen atoms in total. The highest BCUT2D eigenvalue weighted by Crippen LogP contribution is 2.49. The first kappa shape index (κ1) is 29.8. The highest BCUT2D eigenvalue weighted by Gasteiger charge is 2.35. The van der Waals surface area contributed by atoms with Crippen LogP contribution in [-0.4, -0.2) is 19.9 Å². The maximum absolute atomic E-state index is 6.69. The van der Waals surface area contributed by atoms with Crippen LogP contribution in [0.3, 0.4) is 0 Å². The van der Waals surface area contributed by atoms with Gasteiger partial charge in [0.25, 0.3) is 0 Å². The third-order valence-electron chi connectivity index (χ3n) is 10.8. The summed E-state index contributed by atoms with van der Waals surface area (Å²) in [6, 6.07) is 49.8. The number of aromatic nitrogens is 4. The molecule has 1 aliphatic rings. The normalized spacial score (nSPS) is 13.2. The lowest BCUT2D eigenvalue weighted by atomic mass is 9.82. The third kappa shape index (κ3) is 4.52. The van der Waals surface area contributed by atoms with Crippen molar-refractivity contribution in [2.45, 2.75) is 19.3 Å². The summed E-state index contributed by atoms with van der Waals surface area (Å²) < 4.78 is 12.8. The van der Waals surface area contributed by atoms with Gasteiger partial charge in [0.05, 0.1) is 0 Å². The summed E-state index contributed by atoms with van der Waals surface area (Å²) in [5, 5.41) is 3.99. The Hall–Kier alpha value is -6.92. The minimum atomic E-state index is -0.0910. The average Bonchev–Trinajstić information content (AvgIpc) is 3.88. The van der Waals surface area contributed by atoms with E-state index in [-0.39, 0.29) is 5.41 Å². The Kier molecular flexibility index (Phi) is 6.20. The van der Waals surface area contributed by atoms with Gasteiger partial charge < -0.3 is 8.83 Å². The van der Waals surface area contributed by atoms with E-state index in [1.54, 1.807) is 0 Å². The van der Waals surface area contributed by atoms with E-state index in [9.17, 15) is 0 Å². The van der Waals surface area contributed by atoms with Crippen molar-refractivity contribution >= 4 is 43.8 Å². The van der Waals surface area contributed by atoms with Crippen LogP contribution in [0.5, 0.6) is 0 Å². The van der Waals surface area contributed by atoms with Crippen molar-refractivity contribution < 1.29 is 8.83 Å². The molecule has 0 bridgehead atoms. The Labute approximate surface area is 304 Å². The van der Waals surface area contributed by atoms with Gasteiger partial charge in [0.2, 0.25) is 5.89 Å². The van der Waals surface area contributed by atoms with Crippen molar-refractivity contribution in [1.29, 1.82) is 0 Å². The highest BCUT2D eigenvalue weighted by atomic mass is 16.3. The van der Waals surface area contributed by atoms with E-state index >= 15 is 0 Å². The predicted octanol–water partition coefficient (Wildman–Crippen LogP) is 12.0. The average molecular weight is 683 g/mol. The first-order valence-electron chi connectivity index (χ1n) is 17.8. The van der Waals surface area contributed by atoms with Gasteiger partial charge in [-0.3, -0.25) is 0 Å². The number of hydrogen-bond acceptors (Lipinski definition) is 6. The second-order valence-corrected chi connectivity index (χ2v) is 14.2. The topological polar surface area (TPSA) is 77.8 Å². The fourth-order valence-electron chi connectivity index (χ4n) is 8.13. The van der Waals surface area contributed by atoms with Gasteiger partial charge in [-0.15, -0.1) is 0 Å². The van der Waals surface area contributed by atoms with E-state index in [1.165, 1.54) is 22.3 Å². The second kappa shape index (κ2) is 11.0. The molecule has 11 rings (SSSR count). The van der Waals surface area contributed by atoms with Gasteiger partial charge in [0, 0.05) is 43.8 Å². The molecule has 0 radical (unpaired) electrons. The summed E-state index contributed by atoms with van der Waals surface area (Å²) in [7, 11) is 0. The first-order valence-corrected chi connectivity index (χ1v) is 17.8.